The zero-order valence-electron chi connectivity index (χ0n) is 11.9. The SMILES string of the molecule is CCCOc1ccc(-c2nc(Cl)c3c(n2)CCOC3)cc1. The summed E-state index contributed by atoms with van der Waals surface area (Å²) in [4.78, 5) is 9.00. The minimum atomic E-state index is 0.487. The summed E-state index contributed by atoms with van der Waals surface area (Å²) >= 11 is 6.24. The normalized spacial score (nSPS) is 13.8. The highest BCUT2D eigenvalue weighted by molar-refractivity contribution is 6.30. The fraction of sp³-hybridized carbons (Fsp3) is 0.375. The molecule has 0 fully saturated rings. The van der Waals surface area contributed by atoms with E-state index in [4.69, 9.17) is 21.1 Å². The molecule has 1 aliphatic heterocycles. The fourth-order valence-electron chi connectivity index (χ4n) is 2.24. The van der Waals surface area contributed by atoms with Crippen molar-refractivity contribution in [1.29, 1.82) is 0 Å². The predicted octanol–water partition coefficient (Wildman–Crippen LogP) is 3.66. The highest BCUT2D eigenvalue weighted by atomic mass is 35.5. The molecule has 0 aliphatic carbocycles. The lowest BCUT2D eigenvalue weighted by molar-refractivity contribution is 0.109. The first-order chi connectivity index (χ1) is 10.3. The van der Waals surface area contributed by atoms with Crippen molar-refractivity contribution in [2.45, 2.75) is 26.4 Å². The summed E-state index contributed by atoms with van der Waals surface area (Å²) in [6, 6.07) is 7.79. The summed E-state index contributed by atoms with van der Waals surface area (Å²) in [5, 5.41) is 0.487. The zero-order valence-corrected chi connectivity index (χ0v) is 12.7. The van der Waals surface area contributed by atoms with E-state index < -0.39 is 0 Å². The van der Waals surface area contributed by atoms with Gasteiger partial charge >= 0.3 is 0 Å². The Kier molecular flexibility index (Phi) is 4.36. The van der Waals surface area contributed by atoms with Crippen LogP contribution >= 0.6 is 11.6 Å². The maximum absolute atomic E-state index is 6.24. The predicted molar refractivity (Wildman–Crippen MR) is 81.6 cm³/mol. The van der Waals surface area contributed by atoms with Gasteiger partial charge in [0.25, 0.3) is 0 Å². The molecular weight excluding hydrogens is 288 g/mol. The Hall–Kier alpha value is -1.65. The molecule has 0 amide bonds. The Bertz CT molecular complexity index is 629. The average Bonchev–Trinajstić information content (AvgIpc) is 2.53. The minimum Gasteiger partial charge on any atom is -0.494 e. The van der Waals surface area contributed by atoms with E-state index in [1.165, 1.54) is 0 Å². The third kappa shape index (κ3) is 3.17. The van der Waals surface area contributed by atoms with Gasteiger partial charge in [-0.15, -0.1) is 0 Å². The van der Waals surface area contributed by atoms with Crippen molar-refractivity contribution in [3.63, 3.8) is 0 Å². The van der Waals surface area contributed by atoms with E-state index in [-0.39, 0.29) is 0 Å². The van der Waals surface area contributed by atoms with Gasteiger partial charge in [0.1, 0.15) is 10.9 Å². The van der Waals surface area contributed by atoms with Gasteiger partial charge in [-0.05, 0) is 30.7 Å². The molecule has 1 aromatic carbocycles. The third-order valence-electron chi connectivity index (χ3n) is 3.36. The van der Waals surface area contributed by atoms with Gasteiger partial charge in [-0.2, -0.15) is 0 Å². The minimum absolute atomic E-state index is 0.487. The number of ether oxygens (including phenoxy) is 2. The lowest BCUT2D eigenvalue weighted by atomic mass is 10.1. The molecule has 0 N–H and O–H groups in total. The van der Waals surface area contributed by atoms with Crippen molar-refractivity contribution in [3.05, 3.63) is 40.7 Å². The van der Waals surface area contributed by atoms with Crippen molar-refractivity contribution in [1.82, 2.24) is 9.97 Å². The van der Waals surface area contributed by atoms with E-state index >= 15 is 0 Å². The van der Waals surface area contributed by atoms with Crippen LogP contribution in [0.5, 0.6) is 5.75 Å². The Morgan fingerprint density at radius 3 is 2.81 bits per heavy atom. The monoisotopic (exact) mass is 304 g/mol. The van der Waals surface area contributed by atoms with Crippen LogP contribution < -0.4 is 4.74 Å². The van der Waals surface area contributed by atoms with Crippen LogP contribution in [0.3, 0.4) is 0 Å². The average molecular weight is 305 g/mol. The second-order valence-electron chi connectivity index (χ2n) is 4.94. The second kappa shape index (κ2) is 6.41. The van der Waals surface area contributed by atoms with E-state index in [0.29, 0.717) is 24.2 Å². The van der Waals surface area contributed by atoms with Crippen molar-refractivity contribution in [3.8, 4) is 17.1 Å². The molecule has 5 heteroatoms. The molecule has 0 saturated heterocycles. The van der Waals surface area contributed by atoms with Crippen LogP contribution in [0.1, 0.15) is 24.6 Å². The number of aromatic nitrogens is 2. The Morgan fingerprint density at radius 1 is 1.24 bits per heavy atom. The first kappa shape index (κ1) is 14.3. The van der Waals surface area contributed by atoms with Crippen LogP contribution in [0.25, 0.3) is 11.4 Å². The van der Waals surface area contributed by atoms with Crippen LogP contribution in [0.4, 0.5) is 0 Å². The third-order valence-corrected chi connectivity index (χ3v) is 3.67. The van der Waals surface area contributed by atoms with Crippen LogP contribution in [-0.2, 0) is 17.8 Å². The number of halogens is 1. The van der Waals surface area contributed by atoms with Crippen molar-refractivity contribution < 1.29 is 9.47 Å². The molecule has 110 valence electrons. The van der Waals surface area contributed by atoms with Crippen LogP contribution in [-0.4, -0.2) is 23.2 Å². The standard InChI is InChI=1S/C16H17ClN2O2/c1-2-8-21-12-5-3-11(4-6-12)16-18-14-7-9-20-10-13(14)15(17)19-16/h3-6H,2,7-10H2,1H3. The van der Waals surface area contributed by atoms with Crippen LogP contribution in [0, 0.1) is 0 Å². The van der Waals surface area contributed by atoms with Gasteiger partial charge in [-0.1, -0.05) is 18.5 Å². The largest absolute Gasteiger partial charge is 0.494 e. The highest BCUT2D eigenvalue weighted by Gasteiger charge is 2.17. The summed E-state index contributed by atoms with van der Waals surface area (Å²) in [6.07, 6.45) is 1.77. The van der Waals surface area contributed by atoms with Gasteiger partial charge in [0, 0.05) is 17.5 Å². The lowest BCUT2D eigenvalue weighted by Crippen LogP contribution is -2.14. The van der Waals surface area contributed by atoms with E-state index in [9.17, 15) is 0 Å². The number of hydrogen-bond acceptors (Lipinski definition) is 4. The second-order valence-corrected chi connectivity index (χ2v) is 5.30. The molecule has 3 rings (SSSR count). The molecule has 0 unspecified atom stereocenters. The summed E-state index contributed by atoms with van der Waals surface area (Å²) in [6.45, 7) is 3.99. The topological polar surface area (TPSA) is 44.2 Å². The molecule has 0 spiro atoms. The number of fused-ring (bicyclic) bond motifs is 1. The molecule has 4 nitrogen and oxygen atoms in total. The van der Waals surface area contributed by atoms with Crippen molar-refractivity contribution >= 4 is 11.6 Å². The molecule has 1 aliphatic rings. The van der Waals surface area contributed by atoms with E-state index in [2.05, 4.69) is 16.9 Å². The van der Waals surface area contributed by atoms with Crippen molar-refractivity contribution in [2.75, 3.05) is 13.2 Å². The molecule has 21 heavy (non-hydrogen) atoms. The quantitative estimate of drug-likeness (QED) is 0.809. The summed E-state index contributed by atoms with van der Waals surface area (Å²) in [5.74, 6) is 1.51. The molecular formula is C16H17ClN2O2. The van der Waals surface area contributed by atoms with Gasteiger partial charge < -0.3 is 9.47 Å². The van der Waals surface area contributed by atoms with Gasteiger partial charge in [-0.3, -0.25) is 0 Å². The van der Waals surface area contributed by atoms with Gasteiger partial charge in [0.2, 0.25) is 0 Å². The van der Waals surface area contributed by atoms with Gasteiger partial charge in [-0.25, -0.2) is 9.97 Å². The van der Waals surface area contributed by atoms with Crippen LogP contribution in [0.2, 0.25) is 5.15 Å². The van der Waals surface area contributed by atoms with Crippen molar-refractivity contribution in [2.24, 2.45) is 0 Å². The van der Waals surface area contributed by atoms with Gasteiger partial charge in [0.05, 0.1) is 25.5 Å². The summed E-state index contributed by atoms with van der Waals surface area (Å²) in [5.41, 5.74) is 2.84. The summed E-state index contributed by atoms with van der Waals surface area (Å²) < 4.78 is 11.0. The molecule has 2 heterocycles. The molecule has 0 saturated carbocycles. The number of rotatable bonds is 4. The Morgan fingerprint density at radius 2 is 2.05 bits per heavy atom. The molecule has 0 radical (unpaired) electrons. The highest BCUT2D eigenvalue weighted by Crippen LogP contribution is 2.26. The smallest absolute Gasteiger partial charge is 0.161 e. The first-order valence-corrected chi connectivity index (χ1v) is 7.52. The molecule has 0 bridgehead atoms. The zero-order chi connectivity index (χ0) is 14.7. The molecule has 2 aromatic rings. The van der Waals surface area contributed by atoms with Gasteiger partial charge in [0.15, 0.2) is 5.82 Å². The Labute approximate surface area is 129 Å². The maximum Gasteiger partial charge on any atom is 0.161 e. The number of benzene rings is 1. The Balaban J connectivity index is 1.88. The van der Waals surface area contributed by atoms with Crippen LogP contribution in [0.15, 0.2) is 24.3 Å². The maximum atomic E-state index is 6.24. The van der Waals surface area contributed by atoms with E-state index in [0.717, 1.165) is 42.0 Å². The molecule has 1 aromatic heterocycles. The number of nitrogens with zero attached hydrogens (tertiary/aromatic N) is 2. The molecule has 0 atom stereocenters. The number of hydrogen-bond donors (Lipinski definition) is 0. The fourth-order valence-corrected chi connectivity index (χ4v) is 2.49. The summed E-state index contributed by atoms with van der Waals surface area (Å²) in [7, 11) is 0. The van der Waals surface area contributed by atoms with E-state index in [1.54, 1.807) is 0 Å². The first-order valence-electron chi connectivity index (χ1n) is 7.14. The van der Waals surface area contributed by atoms with E-state index in [1.807, 2.05) is 24.3 Å². The lowest BCUT2D eigenvalue weighted by Gasteiger charge is -2.17.